The normalized spacial score (nSPS) is 27.7. The Kier molecular flexibility index (Phi) is 4.31. The highest BCUT2D eigenvalue weighted by Gasteiger charge is 2.51. The maximum Gasteiger partial charge on any atom is 0.290 e. The van der Waals surface area contributed by atoms with Gasteiger partial charge in [-0.1, -0.05) is 24.6 Å². The highest BCUT2D eigenvalue weighted by Crippen LogP contribution is 2.46. The van der Waals surface area contributed by atoms with E-state index < -0.39 is 6.04 Å². The lowest BCUT2D eigenvalue weighted by atomic mass is 9.77. The molecule has 1 saturated carbocycles. The quantitative estimate of drug-likeness (QED) is 0.780. The van der Waals surface area contributed by atoms with Gasteiger partial charge >= 0.3 is 0 Å². The molecule has 1 aliphatic carbocycles. The van der Waals surface area contributed by atoms with Crippen molar-refractivity contribution in [3.8, 4) is 5.75 Å². The molecule has 0 radical (unpaired) electrons. The Morgan fingerprint density at radius 2 is 1.96 bits per heavy atom. The van der Waals surface area contributed by atoms with Crippen molar-refractivity contribution in [2.24, 2.45) is 5.92 Å². The van der Waals surface area contributed by atoms with Crippen LogP contribution >= 0.6 is 0 Å². The molecule has 3 aliphatic rings. The molecule has 136 valence electrons. The summed E-state index contributed by atoms with van der Waals surface area (Å²) in [5.74, 6) is 0.733. The van der Waals surface area contributed by atoms with Gasteiger partial charge in [-0.05, 0) is 37.0 Å². The van der Waals surface area contributed by atoms with Gasteiger partial charge in [0.2, 0.25) is 0 Å². The van der Waals surface area contributed by atoms with E-state index in [9.17, 15) is 9.59 Å². The topological polar surface area (TPSA) is 55.8 Å². The third kappa shape index (κ3) is 2.54. The number of carbonyl (C=O) groups is 2. The maximum absolute atomic E-state index is 13.3. The molecule has 0 spiro atoms. The van der Waals surface area contributed by atoms with E-state index >= 15 is 0 Å². The van der Waals surface area contributed by atoms with E-state index in [4.69, 9.17) is 9.47 Å². The third-order valence-electron chi connectivity index (χ3n) is 5.62. The zero-order valence-corrected chi connectivity index (χ0v) is 14.9. The summed E-state index contributed by atoms with van der Waals surface area (Å²) in [5.41, 5.74) is 1.40. The molecule has 2 aliphatic heterocycles. The van der Waals surface area contributed by atoms with Gasteiger partial charge in [-0.15, -0.1) is 6.58 Å². The van der Waals surface area contributed by atoms with Gasteiger partial charge < -0.3 is 14.4 Å². The van der Waals surface area contributed by atoms with Crippen LogP contribution < -0.4 is 4.74 Å². The van der Waals surface area contributed by atoms with Gasteiger partial charge in [0.1, 0.15) is 11.9 Å². The number of fused-ring (bicyclic) bond motifs is 1. The number of nitrogens with zero attached hydrogens (tertiary/aromatic N) is 1. The molecule has 2 heterocycles. The first-order valence-electron chi connectivity index (χ1n) is 9.16. The molecule has 26 heavy (non-hydrogen) atoms. The van der Waals surface area contributed by atoms with Gasteiger partial charge in [0.25, 0.3) is 5.91 Å². The van der Waals surface area contributed by atoms with Crippen molar-refractivity contribution in [3.05, 3.63) is 53.8 Å². The van der Waals surface area contributed by atoms with Crippen LogP contribution in [0.2, 0.25) is 0 Å². The van der Waals surface area contributed by atoms with Crippen LogP contribution in [0.15, 0.2) is 48.3 Å². The van der Waals surface area contributed by atoms with E-state index in [1.807, 2.05) is 24.3 Å². The molecule has 0 bridgehead atoms. The van der Waals surface area contributed by atoms with Crippen LogP contribution in [0.25, 0.3) is 0 Å². The number of methoxy groups -OCH3 is 1. The fourth-order valence-electron chi connectivity index (χ4n) is 4.35. The van der Waals surface area contributed by atoms with Gasteiger partial charge in [0, 0.05) is 6.54 Å². The monoisotopic (exact) mass is 353 g/mol. The van der Waals surface area contributed by atoms with Gasteiger partial charge in [-0.3, -0.25) is 9.59 Å². The molecule has 4 rings (SSSR count). The zero-order valence-electron chi connectivity index (χ0n) is 14.9. The number of amides is 1. The molecule has 0 N–H and O–H groups in total. The average molecular weight is 353 g/mol. The number of benzene rings is 1. The minimum Gasteiger partial charge on any atom is -0.497 e. The fraction of sp³-hybridized carbons (Fsp3) is 0.429. The second-order valence-electron chi connectivity index (χ2n) is 7.08. The number of ether oxygens (including phenoxy) is 2. The Bertz CT molecular complexity index is 780. The van der Waals surface area contributed by atoms with E-state index in [-0.39, 0.29) is 29.5 Å². The molecule has 1 aromatic rings. The molecule has 5 heteroatoms. The molecule has 1 fully saturated rings. The summed E-state index contributed by atoms with van der Waals surface area (Å²) in [5, 5.41) is 0. The van der Waals surface area contributed by atoms with Crippen molar-refractivity contribution >= 4 is 11.7 Å². The van der Waals surface area contributed by atoms with Crippen LogP contribution in [-0.4, -0.2) is 36.3 Å². The molecule has 1 amide bonds. The van der Waals surface area contributed by atoms with Gasteiger partial charge in [0.05, 0.1) is 24.6 Å². The summed E-state index contributed by atoms with van der Waals surface area (Å²) in [6.45, 7) is 4.13. The second-order valence-corrected chi connectivity index (χ2v) is 7.08. The van der Waals surface area contributed by atoms with Crippen LogP contribution in [0.4, 0.5) is 0 Å². The number of rotatable bonds is 4. The number of hydrogen-bond donors (Lipinski definition) is 0. The van der Waals surface area contributed by atoms with E-state index in [0.29, 0.717) is 12.1 Å². The molecule has 0 saturated heterocycles. The van der Waals surface area contributed by atoms with Crippen molar-refractivity contribution in [1.29, 1.82) is 0 Å². The average Bonchev–Trinajstić information content (AvgIpc) is 2.95. The van der Waals surface area contributed by atoms with E-state index in [2.05, 4.69) is 6.58 Å². The lowest BCUT2D eigenvalue weighted by Crippen LogP contribution is -2.39. The van der Waals surface area contributed by atoms with Crippen molar-refractivity contribution in [2.45, 2.75) is 37.8 Å². The second kappa shape index (κ2) is 6.63. The Morgan fingerprint density at radius 3 is 2.65 bits per heavy atom. The van der Waals surface area contributed by atoms with Crippen LogP contribution in [0.5, 0.6) is 5.75 Å². The van der Waals surface area contributed by atoms with Gasteiger partial charge in [-0.2, -0.15) is 0 Å². The molecule has 3 unspecified atom stereocenters. The highest BCUT2D eigenvalue weighted by atomic mass is 16.5. The number of carbonyl (C=O) groups excluding carboxylic acids is 2. The summed E-state index contributed by atoms with van der Waals surface area (Å²) >= 11 is 0. The Hall–Kier alpha value is -2.56. The van der Waals surface area contributed by atoms with Gasteiger partial charge in [-0.25, -0.2) is 0 Å². The molecule has 5 nitrogen and oxygen atoms in total. The van der Waals surface area contributed by atoms with Crippen LogP contribution in [0.1, 0.15) is 37.3 Å². The lowest BCUT2D eigenvalue weighted by molar-refractivity contribution is -0.135. The van der Waals surface area contributed by atoms with Crippen LogP contribution in [-0.2, 0) is 14.3 Å². The minimum absolute atomic E-state index is 0.0803. The first kappa shape index (κ1) is 16.9. The van der Waals surface area contributed by atoms with Crippen molar-refractivity contribution in [1.82, 2.24) is 4.90 Å². The third-order valence-corrected chi connectivity index (χ3v) is 5.62. The van der Waals surface area contributed by atoms with E-state index in [1.165, 1.54) is 0 Å². The van der Waals surface area contributed by atoms with Crippen molar-refractivity contribution in [2.75, 3.05) is 13.7 Å². The fourth-order valence-corrected chi connectivity index (χ4v) is 4.35. The first-order chi connectivity index (χ1) is 12.7. The molecule has 0 aromatic heterocycles. The Labute approximate surface area is 153 Å². The predicted molar refractivity (Wildman–Crippen MR) is 96.5 cm³/mol. The predicted octanol–water partition coefficient (Wildman–Crippen LogP) is 3.18. The summed E-state index contributed by atoms with van der Waals surface area (Å²) < 4.78 is 11.3. The summed E-state index contributed by atoms with van der Waals surface area (Å²) in [6, 6.07) is 7.09. The molecule has 1 aromatic carbocycles. The van der Waals surface area contributed by atoms with Crippen molar-refractivity contribution in [3.63, 3.8) is 0 Å². The number of ketones is 1. The summed E-state index contributed by atoms with van der Waals surface area (Å²) in [6.07, 6.45) is 5.30. The molecular weight excluding hydrogens is 330 g/mol. The minimum atomic E-state index is -0.420. The SMILES string of the molecule is C=CCN1C(=O)C2=C(C(=O)C3CCCCC3O2)C1c1ccc(OC)cc1. The summed E-state index contributed by atoms with van der Waals surface area (Å²) in [7, 11) is 1.61. The number of Topliss-reactive ketones (excluding diaryl/α,β-unsaturated/α-hetero) is 1. The van der Waals surface area contributed by atoms with Crippen LogP contribution in [0.3, 0.4) is 0 Å². The lowest BCUT2D eigenvalue weighted by Gasteiger charge is -2.35. The highest BCUT2D eigenvalue weighted by molar-refractivity contribution is 6.11. The first-order valence-corrected chi connectivity index (χ1v) is 9.16. The largest absolute Gasteiger partial charge is 0.497 e. The zero-order chi connectivity index (χ0) is 18.3. The Morgan fingerprint density at radius 1 is 1.23 bits per heavy atom. The molecule has 3 atom stereocenters. The van der Waals surface area contributed by atoms with Gasteiger partial charge in [0.15, 0.2) is 11.5 Å². The summed E-state index contributed by atoms with van der Waals surface area (Å²) in [4.78, 5) is 27.9. The maximum atomic E-state index is 13.3. The van der Waals surface area contributed by atoms with Crippen LogP contribution in [0, 0.1) is 5.92 Å². The van der Waals surface area contributed by atoms with E-state index in [0.717, 1.165) is 37.0 Å². The standard InChI is InChI=1S/C21H23NO4/c1-3-12-22-18(13-8-10-14(25-2)11-9-13)17-19(23)15-6-4-5-7-16(15)26-20(17)21(22)24/h3,8-11,15-16,18H,1,4-7,12H2,2H3. The number of hydrogen-bond acceptors (Lipinski definition) is 4. The Balaban J connectivity index is 1.78. The smallest absolute Gasteiger partial charge is 0.290 e. The van der Waals surface area contributed by atoms with Crippen molar-refractivity contribution < 1.29 is 19.1 Å². The van der Waals surface area contributed by atoms with E-state index in [1.54, 1.807) is 18.1 Å². The molecular formula is C21H23NO4.